The second-order valence-corrected chi connectivity index (χ2v) is 6.35. The van der Waals surface area contributed by atoms with Gasteiger partial charge in [0, 0.05) is 23.0 Å². The molecule has 0 saturated heterocycles. The Hall–Kier alpha value is -2.56. The highest BCUT2D eigenvalue weighted by Crippen LogP contribution is 2.35. The molecular weight excluding hydrogens is 292 g/mol. The van der Waals surface area contributed by atoms with Crippen LogP contribution in [0.2, 0.25) is 0 Å². The summed E-state index contributed by atoms with van der Waals surface area (Å²) in [6.07, 6.45) is 0. The number of carbonyl (C=O) groups excluding carboxylic acids is 3. The Labute approximate surface area is 134 Å². The summed E-state index contributed by atoms with van der Waals surface area (Å²) >= 11 is 0. The van der Waals surface area contributed by atoms with Gasteiger partial charge >= 0.3 is 0 Å². The maximum Gasteiger partial charge on any atom is 0.252 e. The third kappa shape index (κ3) is 2.15. The van der Waals surface area contributed by atoms with Gasteiger partial charge in [-0.2, -0.15) is 0 Å². The summed E-state index contributed by atoms with van der Waals surface area (Å²) in [7, 11) is 0. The van der Waals surface area contributed by atoms with Gasteiger partial charge < -0.3 is 0 Å². The molecule has 0 amide bonds. The zero-order valence-electron chi connectivity index (χ0n) is 13.6. The molecule has 0 radical (unpaired) electrons. The number of ketones is 2. The van der Waals surface area contributed by atoms with Gasteiger partial charge in [0.05, 0.1) is 0 Å². The monoisotopic (exact) mass is 310 g/mol. The summed E-state index contributed by atoms with van der Waals surface area (Å²) in [5.41, 5.74) is 1.50. The van der Waals surface area contributed by atoms with Gasteiger partial charge in [-0.1, -0.05) is 52.0 Å². The molecule has 0 spiro atoms. The summed E-state index contributed by atoms with van der Waals surface area (Å²) in [6.45, 7) is 7.36. The van der Waals surface area contributed by atoms with Gasteiger partial charge in [-0.3, -0.25) is 19.0 Å². The van der Waals surface area contributed by atoms with Crippen LogP contribution < -0.4 is 0 Å². The van der Waals surface area contributed by atoms with Crippen molar-refractivity contribution in [3.05, 3.63) is 41.3 Å². The molecule has 1 aromatic carbocycles. The van der Waals surface area contributed by atoms with E-state index >= 15 is 0 Å². The minimum atomic E-state index is -0.660. The number of fused-ring (bicyclic) bond motifs is 3. The van der Waals surface area contributed by atoms with Crippen molar-refractivity contribution in [2.24, 2.45) is 5.92 Å². The summed E-state index contributed by atoms with van der Waals surface area (Å²) < 4.78 is 1.35. The molecule has 0 unspecified atom stereocenters. The van der Waals surface area contributed by atoms with E-state index < -0.39 is 11.6 Å². The Bertz CT molecular complexity index is 844. The van der Waals surface area contributed by atoms with Crippen LogP contribution >= 0.6 is 0 Å². The van der Waals surface area contributed by atoms with E-state index in [1.165, 1.54) is 4.57 Å². The molecule has 118 valence electrons. The minimum Gasteiger partial charge on any atom is -0.285 e. The van der Waals surface area contributed by atoms with E-state index in [-0.39, 0.29) is 23.4 Å². The average molecular weight is 310 g/mol. The lowest BCUT2D eigenvalue weighted by Gasteiger charge is -2.17. The predicted octanol–water partition coefficient (Wildman–Crippen LogP) is 3.35. The third-order valence-electron chi connectivity index (χ3n) is 3.98. The van der Waals surface area contributed by atoms with Crippen LogP contribution in [0.3, 0.4) is 0 Å². The number of imidazole rings is 1. The van der Waals surface area contributed by atoms with Crippen molar-refractivity contribution < 1.29 is 14.4 Å². The van der Waals surface area contributed by atoms with E-state index in [1.54, 1.807) is 38.1 Å². The highest BCUT2D eigenvalue weighted by molar-refractivity contribution is 6.52. The number of benzene rings is 1. The van der Waals surface area contributed by atoms with Crippen LogP contribution in [-0.2, 0) is 0 Å². The first-order valence-corrected chi connectivity index (χ1v) is 7.69. The normalized spacial score (nSPS) is 13.5. The topological polar surface area (TPSA) is 69.0 Å². The fourth-order valence-electron chi connectivity index (χ4n) is 2.82. The molecule has 5 heteroatoms. The Balaban J connectivity index is 2.39. The van der Waals surface area contributed by atoms with E-state index in [2.05, 4.69) is 4.98 Å². The molecule has 2 aromatic rings. The zero-order chi connectivity index (χ0) is 16.9. The Kier molecular flexibility index (Phi) is 3.51. The van der Waals surface area contributed by atoms with Crippen LogP contribution in [0.4, 0.5) is 0 Å². The van der Waals surface area contributed by atoms with Crippen molar-refractivity contribution in [2.75, 3.05) is 0 Å². The third-order valence-corrected chi connectivity index (χ3v) is 3.98. The van der Waals surface area contributed by atoms with E-state index in [4.69, 9.17) is 0 Å². The van der Waals surface area contributed by atoms with Gasteiger partial charge in [0.1, 0.15) is 17.2 Å². The highest BCUT2D eigenvalue weighted by atomic mass is 16.2. The molecule has 23 heavy (non-hydrogen) atoms. The molecule has 0 saturated carbocycles. The van der Waals surface area contributed by atoms with Crippen LogP contribution in [-0.4, -0.2) is 27.0 Å². The van der Waals surface area contributed by atoms with Gasteiger partial charge in [-0.25, -0.2) is 4.98 Å². The lowest BCUT2D eigenvalue weighted by atomic mass is 9.90. The molecule has 1 aromatic heterocycles. The molecule has 1 aliphatic rings. The number of nitrogens with zero attached hydrogens (tertiary/aromatic N) is 2. The average Bonchev–Trinajstić information content (AvgIpc) is 2.92. The first-order valence-electron chi connectivity index (χ1n) is 7.69. The zero-order valence-corrected chi connectivity index (χ0v) is 13.6. The van der Waals surface area contributed by atoms with Crippen molar-refractivity contribution in [1.82, 2.24) is 9.55 Å². The molecule has 0 atom stereocenters. The number of rotatable bonds is 2. The molecule has 0 N–H and O–H groups in total. The minimum absolute atomic E-state index is 0.0432. The van der Waals surface area contributed by atoms with Crippen molar-refractivity contribution in [3.8, 4) is 11.3 Å². The van der Waals surface area contributed by atoms with Crippen molar-refractivity contribution >= 4 is 17.5 Å². The predicted molar refractivity (Wildman–Crippen MR) is 85.9 cm³/mol. The second kappa shape index (κ2) is 5.26. The highest BCUT2D eigenvalue weighted by Gasteiger charge is 2.38. The Morgan fingerprint density at radius 1 is 1.00 bits per heavy atom. The Morgan fingerprint density at radius 2 is 1.61 bits per heavy atom. The summed E-state index contributed by atoms with van der Waals surface area (Å²) in [5, 5.41) is 0. The molecule has 5 nitrogen and oxygen atoms in total. The molecule has 0 aliphatic heterocycles. The van der Waals surface area contributed by atoms with E-state index in [0.717, 1.165) is 0 Å². The first-order chi connectivity index (χ1) is 10.8. The van der Waals surface area contributed by atoms with E-state index in [0.29, 0.717) is 22.6 Å². The largest absolute Gasteiger partial charge is 0.285 e. The van der Waals surface area contributed by atoms with Gasteiger partial charge in [0.25, 0.3) is 5.78 Å². The molecular formula is C18H18N2O3. The second-order valence-electron chi connectivity index (χ2n) is 6.35. The SMILES string of the molecule is CC(C)C(=O)n1c(C(C)C)nc2c1C(=O)C(=O)c1ccccc1-2. The maximum absolute atomic E-state index is 12.6. The van der Waals surface area contributed by atoms with Crippen LogP contribution in [0.1, 0.15) is 65.1 Å². The smallest absolute Gasteiger partial charge is 0.252 e. The van der Waals surface area contributed by atoms with Gasteiger partial charge in [0.15, 0.2) is 0 Å². The van der Waals surface area contributed by atoms with Gasteiger partial charge in [-0.05, 0) is 0 Å². The van der Waals surface area contributed by atoms with Gasteiger partial charge in [-0.15, -0.1) is 0 Å². The van der Waals surface area contributed by atoms with Crippen molar-refractivity contribution in [1.29, 1.82) is 0 Å². The number of carbonyl (C=O) groups is 3. The lowest BCUT2D eigenvalue weighted by molar-refractivity contribution is 0.0787. The fraction of sp³-hybridized carbons (Fsp3) is 0.333. The quantitative estimate of drug-likeness (QED) is 0.798. The maximum atomic E-state index is 12.6. The first kappa shape index (κ1) is 15.3. The standard InChI is InChI=1S/C18H18N2O3/c1-9(2)17-19-13-11-7-5-6-8-12(11)15(21)16(22)14(13)20(17)18(23)10(3)4/h5-10H,1-4H3. The number of hydrogen-bond donors (Lipinski definition) is 0. The molecule has 3 rings (SSSR count). The Morgan fingerprint density at radius 3 is 2.17 bits per heavy atom. The molecule has 0 fully saturated rings. The van der Waals surface area contributed by atoms with Crippen LogP contribution in [0.5, 0.6) is 0 Å². The van der Waals surface area contributed by atoms with Gasteiger partial charge in [0.2, 0.25) is 11.7 Å². The molecule has 1 heterocycles. The summed E-state index contributed by atoms with van der Waals surface area (Å²) in [6, 6.07) is 6.90. The van der Waals surface area contributed by atoms with Crippen LogP contribution in [0, 0.1) is 5.92 Å². The fourth-order valence-corrected chi connectivity index (χ4v) is 2.82. The number of hydrogen-bond acceptors (Lipinski definition) is 4. The number of aromatic nitrogens is 2. The summed E-state index contributed by atoms with van der Waals surface area (Å²) in [4.78, 5) is 42.2. The molecule has 0 bridgehead atoms. The van der Waals surface area contributed by atoms with Crippen LogP contribution in [0.15, 0.2) is 24.3 Å². The number of Topliss-reactive ketones (excluding diaryl/α,β-unsaturated/α-hetero) is 2. The van der Waals surface area contributed by atoms with Crippen LogP contribution in [0.25, 0.3) is 11.3 Å². The molecule has 1 aliphatic carbocycles. The van der Waals surface area contributed by atoms with Crippen molar-refractivity contribution in [2.45, 2.75) is 33.6 Å². The lowest BCUT2D eigenvalue weighted by Crippen LogP contribution is -2.29. The summed E-state index contributed by atoms with van der Waals surface area (Å²) in [5.74, 6) is -1.29. The van der Waals surface area contributed by atoms with E-state index in [9.17, 15) is 14.4 Å². The van der Waals surface area contributed by atoms with E-state index in [1.807, 2.05) is 13.8 Å². The van der Waals surface area contributed by atoms with Crippen molar-refractivity contribution in [3.63, 3.8) is 0 Å².